The minimum atomic E-state index is 0.476. The fraction of sp³-hybridized carbons (Fsp3) is 0.750. The fourth-order valence-electron chi connectivity index (χ4n) is 2.62. The van der Waals surface area contributed by atoms with E-state index in [0.717, 1.165) is 30.9 Å². The summed E-state index contributed by atoms with van der Waals surface area (Å²) in [5.41, 5.74) is 6.74. The maximum atomic E-state index is 6.19. The van der Waals surface area contributed by atoms with E-state index in [1.165, 1.54) is 32.1 Å². The number of anilines is 2. The number of nitrogens with zero attached hydrogens (tertiary/aromatic N) is 2. The maximum absolute atomic E-state index is 6.19. The third kappa shape index (κ3) is 4.48. The Morgan fingerprint density at radius 2 is 1.95 bits per heavy atom. The van der Waals surface area contributed by atoms with E-state index in [-0.39, 0.29) is 0 Å². The van der Waals surface area contributed by atoms with Crippen molar-refractivity contribution in [1.29, 1.82) is 0 Å². The zero-order valence-corrected chi connectivity index (χ0v) is 13.3. The second-order valence-electron chi connectivity index (χ2n) is 5.74. The van der Waals surface area contributed by atoms with E-state index in [4.69, 9.17) is 10.5 Å². The summed E-state index contributed by atoms with van der Waals surface area (Å²) in [5.74, 6) is 2.07. The zero-order chi connectivity index (χ0) is 15.1. The SMILES string of the molecule is CCCCOc1nc(CC)nc(NC2CCCCC2)c1N. The van der Waals surface area contributed by atoms with Crippen molar-refractivity contribution in [3.63, 3.8) is 0 Å². The number of ether oxygens (including phenoxy) is 1. The lowest BCUT2D eigenvalue weighted by Gasteiger charge is -2.24. The summed E-state index contributed by atoms with van der Waals surface area (Å²) >= 11 is 0. The molecule has 0 amide bonds. The molecule has 118 valence electrons. The van der Waals surface area contributed by atoms with Gasteiger partial charge in [-0.05, 0) is 19.3 Å². The van der Waals surface area contributed by atoms with Crippen molar-refractivity contribution in [2.45, 2.75) is 71.3 Å². The minimum Gasteiger partial charge on any atom is -0.476 e. The summed E-state index contributed by atoms with van der Waals surface area (Å²) in [6, 6.07) is 0.476. The molecule has 0 radical (unpaired) electrons. The molecule has 1 heterocycles. The standard InChI is InChI=1S/C16H28N4O/c1-3-5-11-21-16-14(17)15(19-13(4-2)20-16)18-12-9-7-6-8-10-12/h12H,3-11,17H2,1-2H3,(H,18,19,20). The molecule has 0 bridgehead atoms. The Labute approximate surface area is 127 Å². The largest absolute Gasteiger partial charge is 0.476 e. The molecule has 21 heavy (non-hydrogen) atoms. The van der Waals surface area contributed by atoms with E-state index < -0.39 is 0 Å². The molecule has 0 saturated heterocycles. The van der Waals surface area contributed by atoms with Crippen molar-refractivity contribution in [2.24, 2.45) is 0 Å². The Kier molecular flexibility index (Phi) is 6.08. The molecule has 0 aromatic carbocycles. The van der Waals surface area contributed by atoms with Gasteiger partial charge in [-0.2, -0.15) is 4.98 Å². The lowest BCUT2D eigenvalue weighted by Crippen LogP contribution is -2.24. The van der Waals surface area contributed by atoms with E-state index >= 15 is 0 Å². The molecule has 5 heteroatoms. The van der Waals surface area contributed by atoms with Crippen LogP contribution in [0.3, 0.4) is 0 Å². The van der Waals surface area contributed by atoms with E-state index in [1.807, 2.05) is 6.92 Å². The van der Waals surface area contributed by atoms with Gasteiger partial charge in [-0.3, -0.25) is 0 Å². The number of nitrogens with one attached hydrogen (secondary N) is 1. The Morgan fingerprint density at radius 1 is 1.19 bits per heavy atom. The van der Waals surface area contributed by atoms with Crippen molar-refractivity contribution in [3.05, 3.63) is 5.82 Å². The van der Waals surface area contributed by atoms with Crippen molar-refractivity contribution in [3.8, 4) is 5.88 Å². The molecule has 1 aliphatic carbocycles. The molecule has 2 rings (SSSR count). The summed E-state index contributed by atoms with van der Waals surface area (Å²) in [5, 5.41) is 3.50. The average Bonchev–Trinajstić information content (AvgIpc) is 2.52. The smallest absolute Gasteiger partial charge is 0.242 e. The first kappa shape index (κ1) is 15.9. The number of rotatable bonds is 7. The van der Waals surface area contributed by atoms with Crippen LogP contribution in [0.1, 0.15) is 64.6 Å². The lowest BCUT2D eigenvalue weighted by molar-refractivity contribution is 0.298. The molecular weight excluding hydrogens is 264 g/mol. The Balaban J connectivity index is 2.12. The van der Waals surface area contributed by atoms with Crippen LogP contribution in [0.5, 0.6) is 5.88 Å². The number of hydrogen-bond acceptors (Lipinski definition) is 5. The normalized spacial score (nSPS) is 15.9. The number of hydrogen-bond donors (Lipinski definition) is 2. The highest BCUT2D eigenvalue weighted by Crippen LogP contribution is 2.29. The van der Waals surface area contributed by atoms with Gasteiger partial charge in [0.05, 0.1) is 6.61 Å². The second kappa shape index (κ2) is 8.05. The van der Waals surface area contributed by atoms with Gasteiger partial charge in [-0.1, -0.05) is 39.5 Å². The number of aryl methyl sites for hydroxylation is 1. The third-order valence-corrected chi connectivity index (χ3v) is 3.96. The van der Waals surface area contributed by atoms with Gasteiger partial charge in [0.1, 0.15) is 11.5 Å². The molecule has 1 saturated carbocycles. The van der Waals surface area contributed by atoms with Gasteiger partial charge in [0.2, 0.25) is 5.88 Å². The monoisotopic (exact) mass is 292 g/mol. The summed E-state index contributed by atoms with van der Waals surface area (Å²) in [7, 11) is 0. The topological polar surface area (TPSA) is 73.1 Å². The van der Waals surface area contributed by atoms with Crippen molar-refractivity contribution < 1.29 is 4.74 Å². The zero-order valence-electron chi connectivity index (χ0n) is 13.3. The minimum absolute atomic E-state index is 0.476. The summed E-state index contributed by atoms with van der Waals surface area (Å²) in [4.78, 5) is 8.96. The van der Waals surface area contributed by atoms with Crippen LogP contribution in [0.15, 0.2) is 0 Å². The van der Waals surface area contributed by atoms with Crippen molar-refractivity contribution in [2.75, 3.05) is 17.7 Å². The van der Waals surface area contributed by atoms with Crippen LogP contribution in [0.2, 0.25) is 0 Å². The first-order valence-electron chi connectivity index (χ1n) is 8.30. The number of unbranched alkanes of at least 4 members (excludes halogenated alkanes) is 1. The molecule has 1 aliphatic rings. The molecule has 1 aromatic rings. The molecule has 3 N–H and O–H groups in total. The Bertz CT molecular complexity index is 444. The van der Waals surface area contributed by atoms with Gasteiger partial charge in [-0.25, -0.2) is 4.98 Å². The number of nitrogens with two attached hydrogens (primary N) is 1. The summed E-state index contributed by atoms with van der Waals surface area (Å²) in [6.45, 7) is 4.84. The predicted molar refractivity (Wildman–Crippen MR) is 86.7 cm³/mol. The van der Waals surface area contributed by atoms with Gasteiger partial charge < -0.3 is 15.8 Å². The fourth-order valence-corrected chi connectivity index (χ4v) is 2.62. The highest BCUT2D eigenvalue weighted by atomic mass is 16.5. The molecule has 1 aromatic heterocycles. The van der Waals surface area contributed by atoms with Crippen LogP contribution >= 0.6 is 0 Å². The van der Waals surface area contributed by atoms with E-state index in [2.05, 4.69) is 22.2 Å². The predicted octanol–water partition coefficient (Wildman–Crippen LogP) is 3.54. The van der Waals surface area contributed by atoms with Crippen LogP contribution < -0.4 is 15.8 Å². The third-order valence-electron chi connectivity index (χ3n) is 3.96. The van der Waals surface area contributed by atoms with Crippen molar-refractivity contribution in [1.82, 2.24) is 9.97 Å². The van der Waals surface area contributed by atoms with Gasteiger partial charge in [-0.15, -0.1) is 0 Å². The van der Waals surface area contributed by atoms with E-state index in [1.54, 1.807) is 0 Å². The molecule has 0 aliphatic heterocycles. The number of aromatic nitrogens is 2. The van der Waals surface area contributed by atoms with Gasteiger partial charge in [0.15, 0.2) is 5.82 Å². The van der Waals surface area contributed by atoms with E-state index in [0.29, 0.717) is 24.2 Å². The van der Waals surface area contributed by atoms with Gasteiger partial charge >= 0.3 is 0 Å². The first-order valence-corrected chi connectivity index (χ1v) is 8.30. The molecule has 1 fully saturated rings. The van der Waals surface area contributed by atoms with E-state index in [9.17, 15) is 0 Å². The molecule has 0 atom stereocenters. The number of nitrogen functional groups attached to an aromatic ring is 1. The van der Waals surface area contributed by atoms with Gasteiger partial charge in [0.25, 0.3) is 0 Å². The van der Waals surface area contributed by atoms with Gasteiger partial charge in [0, 0.05) is 12.5 Å². The molecular formula is C16H28N4O. The van der Waals surface area contributed by atoms with Crippen LogP contribution in [0.4, 0.5) is 11.5 Å². The second-order valence-corrected chi connectivity index (χ2v) is 5.74. The Morgan fingerprint density at radius 3 is 2.62 bits per heavy atom. The van der Waals surface area contributed by atoms with Crippen LogP contribution in [0.25, 0.3) is 0 Å². The first-order chi connectivity index (χ1) is 10.2. The molecule has 0 spiro atoms. The van der Waals surface area contributed by atoms with Crippen molar-refractivity contribution >= 4 is 11.5 Å². The van der Waals surface area contributed by atoms with Crippen LogP contribution in [0, 0.1) is 0 Å². The molecule has 0 unspecified atom stereocenters. The highest BCUT2D eigenvalue weighted by molar-refractivity contribution is 5.67. The maximum Gasteiger partial charge on any atom is 0.242 e. The average molecular weight is 292 g/mol. The highest BCUT2D eigenvalue weighted by Gasteiger charge is 2.18. The van der Waals surface area contributed by atoms with Crippen LogP contribution in [-0.4, -0.2) is 22.6 Å². The summed E-state index contributed by atoms with van der Waals surface area (Å²) < 4.78 is 5.73. The quantitative estimate of drug-likeness (QED) is 0.752. The molecule has 5 nitrogen and oxygen atoms in total. The summed E-state index contributed by atoms with van der Waals surface area (Å²) in [6.07, 6.45) is 9.17. The lowest BCUT2D eigenvalue weighted by atomic mass is 9.95. The Hall–Kier alpha value is -1.52. The van der Waals surface area contributed by atoms with Crippen LogP contribution in [-0.2, 0) is 6.42 Å².